The van der Waals surface area contributed by atoms with E-state index in [2.05, 4.69) is 17.1 Å². The van der Waals surface area contributed by atoms with Crippen LogP contribution in [-0.4, -0.2) is 19.7 Å². The van der Waals surface area contributed by atoms with E-state index in [9.17, 15) is 8.42 Å². The topological polar surface area (TPSA) is 70.8 Å². The first kappa shape index (κ1) is 20.8. The molecule has 4 rings (SSSR count). The zero-order valence-corrected chi connectivity index (χ0v) is 18.4. The fourth-order valence-electron chi connectivity index (χ4n) is 3.58. The Bertz CT molecular complexity index is 1430. The van der Waals surface area contributed by atoms with Gasteiger partial charge in [0.15, 0.2) is 9.84 Å². The van der Waals surface area contributed by atoms with Gasteiger partial charge in [-0.15, -0.1) is 0 Å². The highest BCUT2D eigenvalue weighted by atomic mass is 32.2. The summed E-state index contributed by atoms with van der Waals surface area (Å²) in [6.45, 7) is 3.47. The van der Waals surface area contributed by atoms with Crippen molar-refractivity contribution in [2.24, 2.45) is 0 Å². The molecular weight excluding hydrogens is 404 g/mol. The molecule has 4 aromatic rings. The normalized spacial score (nSPS) is 11.9. The maximum absolute atomic E-state index is 12.5. The van der Waals surface area contributed by atoms with Crippen molar-refractivity contribution < 1.29 is 8.42 Å². The lowest BCUT2D eigenvalue weighted by molar-refractivity contribution is 0.561. The Kier molecular flexibility index (Phi) is 5.12. The van der Waals surface area contributed by atoms with Crippen LogP contribution < -0.4 is 0 Å². The predicted molar refractivity (Wildman–Crippen MR) is 125 cm³/mol. The molecule has 0 N–H and O–H groups in total. The molecule has 0 fully saturated rings. The van der Waals surface area contributed by atoms with Crippen molar-refractivity contribution in [3.05, 3.63) is 90.1 Å². The number of rotatable bonds is 4. The SMILES string of the molecule is CC(C)(c1cc(-c2cccc(-c3ccc(C#N)cc3)c2)c2ncccc2c1)S(C)(=O)=O. The number of aromatic nitrogens is 1. The molecule has 1 aromatic heterocycles. The lowest BCUT2D eigenvalue weighted by Gasteiger charge is -2.24. The molecule has 4 nitrogen and oxygen atoms in total. The molecule has 0 atom stereocenters. The molecule has 31 heavy (non-hydrogen) atoms. The van der Waals surface area contributed by atoms with Crippen LogP contribution in [0, 0.1) is 11.3 Å². The van der Waals surface area contributed by atoms with Gasteiger partial charge in [-0.05, 0) is 72.5 Å². The van der Waals surface area contributed by atoms with Gasteiger partial charge in [0.25, 0.3) is 0 Å². The van der Waals surface area contributed by atoms with E-state index in [-0.39, 0.29) is 0 Å². The molecule has 1 heterocycles. The van der Waals surface area contributed by atoms with Gasteiger partial charge in [0.05, 0.1) is 21.9 Å². The predicted octanol–water partition coefficient (Wildman–Crippen LogP) is 5.72. The van der Waals surface area contributed by atoms with Crippen LogP contribution in [0.1, 0.15) is 25.0 Å². The molecule has 5 heteroatoms. The molecule has 0 aliphatic heterocycles. The van der Waals surface area contributed by atoms with Crippen molar-refractivity contribution in [2.45, 2.75) is 18.6 Å². The summed E-state index contributed by atoms with van der Waals surface area (Å²) < 4.78 is 23.9. The van der Waals surface area contributed by atoms with Gasteiger partial charge in [-0.25, -0.2) is 8.42 Å². The van der Waals surface area contributed by atoms with Crippen LogP contribution in [0.3, 0.4) is 0 Å². The Labute approximate surface area is 182 Å². The number of fused-ring (bicyclic) bond motifs is 1. The van der Waals surface area contributed by atoms with Crippen molar-refractivity contribution >= 4 is 20.7 Å². The summed E-state index contributed by atoms with van der Waals surface area (Å²) in [5.41, 5.74) is 6.04. The summed E-state index contributed by atoms with van der Waals surface area (Å²) in [5, 5.41) is 9.94. The molecule has 0 saturated heterocycles. The summed E-state index contributed by atoms with van der Waals surface area (Å²) in [4.78, 5) is 4.58. The standard InChI is InChI=1S/C26H22N2O2S/c1-26(2,31(3,29)30)23-15-22-8-5-13-28-25(22)24(16-23)21-7-4-6-20(14-21)19-11-9-18(17-27)10-12-19/h4-16H,1-3H3. The quantitative estimate of drug-likeness (QED) is 0.418. The first-order valence-corrected chi connectivity index (χ1v) is 11.8. The van der Waals surface area contributed by atoms with Crippen molar-refractivity contribution in [3.8, 4) is 28.3 Å². The van der Waals surface area contributed by atoms with Gasteiger partial charge in [-0.1, -0.05) is 36.4 Å². The van der Waals surface area contributed by atoms with Crippen molar-refractivity contribution in [2.75, 3.05) is 6.26 Å². The van der Waals surface area contributed by atoms with E-state index >= 15 is 0 Å². The van der Waals surface area contributed by atoms with Gasteiger partial charge >= 0.3 is 0 Å². The highest BCUT2D eigenvalue weighted by Crippen LogP contribution is 2.37. The Morgan fingerprint density at radius 1 is 0.871 bits per heavy atom. The fraction of sp³-hybridized carbons (Fsp3) is 0.154. The second kappa shape index (κ2) is 7.64. The van der Waals surface area contributed by atoms with Gasteiger partial charge in [0, 0.05) is 23.4 Å². The second-order valence-electron chi connectivity index (χ2n) is 8.15. The van der Waals surface area contributed by atoms with E-state index in [4.69, 9.17) is 5.26 Å². The minimum absolute atomic E-state index is 0.616. The molecule has 0 aliphatic carbocycles. The maximum Gasteiger partial charge on any atom is 0.156 e. The monoisotopic (exact) mass is 426 g/mol. The van der Waals surface area contributed by atoms with E-state index in [1.165, 1.54) is 6.26 Å². The summed E-state index contributed by atoms with van der Waals surface area (Å²) in [6, 6.07) is 25.3. The molecule has 3 aromatic carbocycles. The van der Waals surface area contributed by atoms with Gasteiger partial charge in [-0.3, -0.25) is 4.98 Å². The average Bonchev–Trinajstić information content (AvgIpc) is 2.77. The van der Waals surface area contributed by atoms with E-state index in [0.29, 0.717) is 5.56 Å². The molecular formula is C26H22N2O2S. The summed E-state index contributed by atoms with van der Waals surface area (Å²) in [7, 11) is -3.33. The maximum atomic E-state index is 12.5. The molecule has 0 unspecified atom stereocenters. The average molecular weight is 427 g/mol. The van der Waals surface area contributed by atoms with Crippen LogP contribution in [0.25, 0.3) is 33.2 Å². The number of sulfone groups is 1. The third kappa shape index (κ3) is 3.83. The van der Waals surface area contributed by atoms with Crippen LogP contribution in [-0.2, 0) is 14.6 Å². The van der Waals surface area contributed by atoms with Crippen molar-refractivity contribution in [3.63, 3.8) is 0 Å². The number of pyridine rings is 1. The lowest BCUT2D eigenvalue weighted by atomic mass is 9.92. The highest BCUT2D eigenvalue weighted by Gasteiger charge is 2.33. The Balaban J connectivity index is 1.93. The lowest BCUT2D eigenvalue weighted by Crippen LogP contribution is -2.28. The van der Waals surface area contributed by atoms with Gasteiger partial charge in [0.1, 0.15) is 0 Å². The number of hydrogen-bond donors (Lipinski definition) is 0. The van der Waals surface area contributed by atoms with Crippen molar-refractivity contribution in [1.29, 1.82) is 5.26 Å². The van der Waals surface area contributed by atoms with Gasteiger partial charge < -0.3 is 0 Å². The van der Waals surface area contributed by atoms with E-state index < -0.39 is 14.6 Å². The molecule has 0 aliphatic rings. The zero-order chi connectivity index (χ0) is 22.2. The Hall–Kier alpha value is -3.49. The molecule has 0 bridgehead atoms. The largest absolute Gasteiger partial charge is 0.256 e. The third-order valence-corrected chi connectivity index (χ3v) is 7.94. The van der Waals surface area contributed by atoms with Crippen LogP contribution in [0.4, 0.5) is 0 Å². The fourth-order valence-corrected chi connectivity index (χ4v) is 4.12. The summed E-state index contributed by atoms with van der Waals surface area (Å²) in [6.07, 6.45) is 3.02. The Morgan fingerprint density at radius 2 is 1.58 bits per heavy atom. The number of nitrogens with zero attached hydrogens (tertiary/aromatic N) is 2. The van der Waals surface area contributed by atoms with E-state index in [1.54, 1.807) is 32.2 Å². The summed E-state index contributed by atoms with van der Waals surface area (Å²) in [5.74, 6) is 0. The molecule has 0 spiro atoms. The third-order valence-electron chi connectivity index (χ3n) is 5.85. The van der Waals surface area contributed by atoms with Gasteiger partial charge in [-0.2, -0.15) is 5.26 Å². The number of nitriles is 1. The van der Waals surface area contributed by atoms with E-state index in [0.717, 1.165) is 38.7 Å². The minimum Gasteiger partial charge on any atom is -0.256 e. The summed E-state index contributed by atoms with van der Waals surface area (Å²) >= 11 is 0. The molecule has 154 valence electrons. The Morgan fingerprint density at radius 3 is 2.26 bits per heavy atom. The smallest absolute Gasteiger partial charge is 0.156 e. The van der Waals surface area contributed by atoms with E-state index in [1.807, 2.05) is 54.6 Å². The first-order chi connectivity index (χ1) is 14.7. The highest BCUT2D eigenvalue weighted by molar-refractivity contribution is 7.91. The van der Waals surface area contributed by atoms with Crippen molar-refractivity contribution in [1.82, 2.24) is 4.98 Å². The van der Waals surface area contributed by atoms with Crippen LogP contribution >= 0.6 is 0 Å². The molecule has 0 radical (unpaired) electrons. The number of hydrogen-bond acceptors (Lipinski definition) is 4. The second-order valence-corrected chi connectivity index (χ2v) is 10.7. The van der Waals surface area contributed by atoms with Crippen LogP contribution in [0.5, 0.6) is 0 Å². The first-order valence-electron chi connectivity index (χ1n) is 9.90. The zero-order valence-electron chi connectivity index (χ0n) is 17.6. The molecule has 0 saturated carbocycles. The minimum atomic E-state index is -3.33. The van der Waals surface area contributed by atoms with Crippen LogP contribution in [0.2, 0.25) is 0 Å². The van der Waals surface area contributed by atoms with Crippen LogP contribution in [0.15, 0.2) is 79.0 Å². The number of benzene rings is 3. The van der Waals surface area contributed by atoms with Gasteiger partial charge in [0.2, 0.25) is 0 Å². The molecule has 0 amide bonds.